The molecule has 0 unspecified atom stereocenters. The summed E-state index contributed by atoms with van der Waals surface area (Å²) >= 11 is 6.13. The number of aryl methyl sites for hydroxylation is 1. The minimum absolute atomic E-state index is 0.261. The van der Waals surface area contributed by atoms with Gasteiger partial charge in [0.1, 0.15) is 0 Å². The zero-order valence-corrected chi connectivity index (χ0v) is 16.9. The third-order valence-corrected chi connectivity index (χ3v) is 5.35. The molecule has 1 aliphatic carbocycles. The lowest BCUT2D eigenvalue weighted by Crippen LogP contribution is -2.12. The van der Waals surface area contributed by atoms with Crippen LogP contribution < -0.4 is 5.32 Å². The van der Waals surface area contributed by atoms with Crippen molar-refractivity contribution in [3.8, 4) is 17.1 Å². The van der Waals surface area contributed by atoms with Gasteiger partial charge in [0.2, 0.25) is 11.7 Å². The van der Waals surface area contributed by atoms with Crippen LogP contribution in [0.5, 0.6) is 0 Å². The number of aromatic nitrogens is 4. The molecule has 0 spiro atoms. The second kappa shape index (κ2) is 7.42. The minimum Gasteiger partial charge on any atom is -0.339 e. The van der Waals surface area contributed by atoms with E-state index in [0.717, 1.165) is 24.1 Å². The zero-order chi connectivity index (χ0) is 20.7. The molecule has 1 N–H and O–H groups in total. The van der Waals surface area contributed by atoms with Crippen LogP contribution in [0.2, 0.25) is 5.02 Å². The van der Waals surface area contributed by atoms with Crippen LogP contribution >= 0.6 is 11.6 Å². The van der Waals surface area contributed by atoms with Gasteiger partial charge in [0.05, 0.1) is 27.7 Å². The summed E-state index contributed by atoms with van der Waals surface area (Å²) in [5, 5.41) is 11.9. The standard InChI is InChI=1S/C22H18ClN5O2/c1-13-17(21(29)24-19-5-3-2-4-18(19)23)12-28(26-13)16-10-8-14(9-11-16)20-25-22(30-27-20)15-6-7-15/h2-5,8-12,15H,6-7H2,1H3,(H,24,29). The number of amides is 1. The third kappa shape index (κ3) is 3.59. The van der Waals surface area contributed by atoms with Gasteiger partial charge in [0, 0.05) is 17.7 Å². The van der Waals surface area contributed by atoms with Crippen molar-refractivity contribution in [1.82, 2.24) is 19.9 Å². The Morgan fingerprint density at radius 2 is 1.93 bits per heavy atom. The number of para-hydroxylation sites is 1. The van der Waals surface area contributed by atoms with Crippen molar-refractivity contribution in [2.24, 2.45) is 0 Å². The SMILES string of the molecule is Cc1nn(-c2ccc(-c3noc(C4CC4)n3)cc2)cc1C(=O)Nc1ccccc1Cl. The van der Waals surface area contributed by atoms with E-state index >= 15 is 0 Å². The van der Waals surface area contributed by atoms with E-state index in [9.17, 15) is 4.79 Å². The third-order valence-electron chi connectivity index (χ3n) is 5.02. The molecule has 0 saturated heterocycles. The molecule has 1 aliphatic rings. The van der Waals surface area contributed by atoms with Crippen molar-refractivity contribution in [1.29, 1.82) is 0 Å². The van der Waals surface area contributed by atoms with E-state index in [1.807, 2.05) is 36.4 Å². The van der Waals surface area contributed by atoms with Crippen molar-refractivity contribution in [3.05, 3.63) is 76.9 Å². The Morgan fingerprint density at radius 1 is 1.17 bits per heavy atom. The number of hydrogen-bond donors (Lipinski definition) is 1. The second-order valence-corrected chi connectivity index (χ2v) is 7.69. The molecule has 5 rings (SSSR count). The van der Waals surface area contributed by atoms with Crippen LogP contribution in [-0.2, 0) is 0 Å². The van der Waals surface area contributed by atoms with E-state index < -0.39 is 0 Å². The fourth-order valence-electron chi connectivity index (χ4n) is 3.18. The van der Waals surface area contributed by atoms with Gasteiger partial charge in [-0.05, 0) is 56.2 Å². The van der Waals surface area contributed by atoms with Gasteiger partial charge < -0.3 is 9.84 Å². The minimum atomic E-state index is -0.261. The van der Waals surface area contributed by atoms with Gasteiger partial charge in [-0.25, -0.2) is 4.68 Å². The molecule has 150 valence electrons. The number of halogens is 1. The Kier molecular flexibility index (Phi) is 4.59. The molecular formula is C22H18ClN5O2. The summed E-state index contributed by atoms with van der Waals surface area (Å²) in [4.78, 5) is 17.2. The van der Waals surface area contributed by atoms with E-state index in [4.69, 9.17) is 16.1 Å². The maximum Gasteiger partial charge on any atom is 0.259 e. The smallest absolute Gasteiger partial charge is 0.259 e. The number of hydrogen-bond acceptors (Lipinski definition) is 5. The molecule has 0 bridgehead atoms. The second-order valence-electron chi connectivity index (χ2n) is 7.28. The highest BCUT2D eigenvalue weighted by molar-refractivity contribution is 6.33. The van der Waals surface area contributed by atoms with Crippen LogP contribution in [0.3, 0.4) is 0 Å². The lowest BCUT2D eigenvalue weighted by Gasteiger charge is -2.05. The highest BCUT2D eigenvalue weighted by Crippen LogP contribution is 2.39. The van der Waals surface area contributed by atoms with E-state index in [2.05, 4.69) is 20.6 Å². The van der Waals surface area contributed by atoms with Crippen LogP contribution in [0.4, 0.5) is 5.69 Å². The molecule has 1 saturated carbocycles. The first-order chi connectivity index (χ1) is 14.6. The van der Waals surface area contributed by atoms with Crippen LogP contribution in [0.25, 0.3) is 17.1 Å². The topological polar surface area (TPSA) is 85.8 Å². The summed E-state index contributed by atoms with van der Waals surface area (Å²) in [5.74, 6) is 1.46. The van der Waals surface area contributed by atoms with Crippen molar-refractivity contribution in [2.75, 3.05) is 5.32 Å². The van der Waals surface area contributed by atoms with E-state index in [0.29, 0.717) is 39.6 Å². The summed E-state index contributed by atoms with van der Waals surface area (Å²) < 4.78 is 7.00. The normalized spacial score (nSPS) is 13.4. The first-order valence-electron chi connectivity index (χ1n) is 9.65. The molecule has 30 heavy (non-hydrogen) atoms. The highest BCUT2D eigenvalue weighted by Gasteiger charge is 2.29. The summed E-state index contributed by atoms with van der Waals surface area (Å²) in [6, 6.07) is 14.8. The average molecular weight is 420 g/mol. The van der Waals surface area contributed by atoms with Gasteiger partial charge in [-0.3, -0.25) is 4.79 Å². The molecule has 4 aromatic rings. The van der Waals surface area contributed by atoms with Gasteiger partial charge in [0.25, 0.3) is 5.91 Å². The van der Waals surface area contributed by atoms with Crippen molar-refractivity contribution in [3.63, 3.8) is 0 Å². The van der Waals surface area contributed by atoms with Crippen molar-refractivity contribution < 1.29 is 9.32 Å². The highest BCUT2D eigenvalue weighted by atomic mass is 35.5. The zero-order valence-electron chi connectivity index (χ0n) is 16.2. The fraction of sp³-hybridized carbons (Fsp3) is 0.182. The number of nitrogens with zero attached hydrogens (tertiary/aromatic N) is 4. The Hall–Kier alpha value is -3.45. The van der Waals surface area contributed by atoms with E-state index in [1.165, 1.54) is 0 Å². The summed E-state index contributed by atoms with van der Waals surface area (Å²) in [7, 11) is 0. The Morgan fingerprint density at radius 3 is 2.67 bits per heavy atom. The first-order valence-corrected chi connectivity index (χ1v) is 10.0. The van der Waals surface area contributed by atoms with Gasteiger partial charge in [-0.2, -0.15) is 10.1 Å². The van der Waals surface area contributed by atoms with Crippen LogP contribution in [-0.4, -0.2) is 25.8 Å². The molecular weight excluding hydrogens is 402 g/mol. The molecule has 2 aromatic carbocycles. The van der Waals surface area contributed by atoms with Crippen LogP contribution in [0, 0.1) is 6.92 Å². The van der Waals surface area contributed by atoms with Gasteiger partial charge in [0.15, 0.2) is 0 Å². The Bertz CT molecular complexity index is 1220. The molecule has 1 amide bonds. The summed E-state index contributed by atoms with van der Waals surface area (Å²) in [5.41, 5.74) is 3.35. The van der Waals surface area contributed by atoms with Crippen LogP contribution in [0.15, 0.2) is 59.3 Å². The maximum absolute atomic E-state index is 12.7. The molecule has 0 radical (unpaired) electrons. The lowest BCUT2D eigenvalue weighted by molar-refractivity contribution is 0.102. The molecule has 0 aliphatic heterocycles. The molecule has 1 fully saturated rings. The average Bonchev–Trinajstić information content (AvgIpc) is 3.35. The largest absolute Gasteiger partial charge is 0.339 e. The fourth-order valence-corrected chi connectivity index (χ4v) is 3.36. The van der Waals surface area contributed by atoms with Crippen molar-refractivity contribution in [2.45, 2.75) is 25.7 Å². The summed E-state index contributed by atoms with van der Waals surface area (Å²) in [6.45, 7) is 1.80. The number of rotatable bonds is 5. The molecule has 7 nitrogen and oxygen atoms in total. The van der Waals surface area contributed by atoms with E-state index in [-0.39, 0.29) is 5.91 Å². The number of carbonyl (C=O) groups excluding carboxylic acids is 1. The van der Waals surface area contributed by atoms with Crippen LogP contribution in [0.1, 0.15) is 40.7 Å². The summed E-state index contributed by atoms with van der Waals surface area (Å²) in [6.07, 6.45) is 3.94. The van der Waals surface area contributed by atoms with Gasteiger partial charge in [-0.1, -0.05) is 28.9 Å². The lowest BCUT2D eigenvalue weighted by atomic mass is 10.2. The predicted molar refractivity (Wildman–Crippen MR) is 113 cm³/mol. The van der Waals surface area contributed by atoms with Gasteiger partial charge in [-0.15, -0.1) is 0 Å². The first kappa shape index (κ1) is 18.6. The van der Waals surface area contributed by atoms with Gasteiger partial charge >= 0.3 is 0 Å². The number of carbonyl (C=O) groups is 1. The monoisotopic (exact) mass is 419 g/mol. The molecule has 2 heterocycles. The Labute approximate surface area is 177 Å². The van der Waals surface area contributed by atoms with E-state index in [1.54, 1.807) is 29.9 Å². The number of anilines is 1. The predicted octanol–water partition coefficient (Wildman–Crippen LogP) is 5.01. The van der Waals surface area contributed by atoms with Crippen molar-refractivity contribution >= 4 is 23.2 Å². The quantitative estimate of drug-likeness (QED) is 0.491. The molecule has 8 heteroatoms. The Balaban J connectivity index is 1.36. The molecule has 2 aromatic heterocycles. The number of nitrogens with one attached hydrogen (secondary N) is 1. The maximum atomic E-state index is 12.7. The number of benzene rings is 2. The molecule has 0 atom stereocenters.